The Morgan fingerprint density at radius 1 is 0.639 bits per heavy atom. The zero-order valence-corrected chi connectivity index (χ0v) is 27.1. The molecule has 2 aliphatic carbocycles. The predicted octanol–water partition coefficient (Wildman–Crippen LogP) is 3.15. The van der Waals surface area contributed by atoms with Crippen molar-refractivity contribution in [1.82, 2.24) is 0 Å². The summed E-state index contributed by atoms with van der Waals surface area (Å²) in [7, 11) is 0. The van der Waals surface area contributed by atoms with Crippen LogP contribution in [0, 0.1) is 7.14 Å². The third kappa shape index (κ3) is 4.49. The molecule has 0 N–H and O–H groups in total. The van der Waals surface area contributed by atoms with Crippen LogP contribution in [0.2, 0.25) is 0 Å². The summed E-state index contributed by atoms with van der Waals surface area (Å²) in [5.41, 5.74) is 10.7. The maximum atomic E-state index is 6.21. The van der Waals surface area contributed by atoms with Crippen molar-refractivity contribution in [1.29, 1.82) is 0 Å². The van der Waals surface area contributed by atoms with Gasteiger partial charge in [-0.2, -0.15) is 0 Å². The van der Waals surface area contributed by atoms with E-state index in [4.69, 9.17) is 4.42 Å². The van der Waals surface area contributed by atoms with Gasteiger partial charge in [-0.25, -0.2) is 0 Å². The fourth-order valence-electron chi connectivity index (χ4n) is 5.41. The smallest absolute Gasteiger partial charge is 1.00 e. The topological polar surface area (TPSA) is 13.1 Å². The van der Waals surface area contributed by atoms with Gasteiger partial charge in [-0.3, -0.25) is 0 Å². The average molecular weight is 810 g/mol. The molecule has 7 rings (SSSR count). The second-order valence-corrected chi connectivity index (χ2v) is 14.9. The second-order valence-electron chi connectivity index (χ2n) is 8.88. The van der Waals surface area contributed by atoms with E-state index >= 15 is 0 Å². The zero-order chi connectivity index (χ0) is 22.8. The van der Waals surface area contributed by atoms with Crippen molar-refractivity contribution in [2.75, 3.05) is 0 Å². The van der Waals surface area contributed by atoms with Gasteiger partial charge < -0.3 is 24.8 Å². The molecular formula is C30H18Cl2I2OZr. The van der Waals surface area contributed by atoms with Crippen LogP contribution in [0.4, 0.5) is 0 Å². The molecule has 4 aromatic carbocycles. The molecule has 6 heteroatoms. The van der Waals surface area contributed by atoms with E-state index in [1.54, 1.807) is 5.56 Å². The van der Waals surface area contributed by atoms with Crippen LogP contribution in [0.3, 0.4) is 0 Å². The van der Waals surface area contributed by atoms with Crippen LogP contribution >= 0.6 is 45.2 Å². The summed E-state index contributed by atoms with van der Waals surface area (Å²) < 4.78 is 9.96. The Hall–Kier alpha value is -0.917. The fourth-order valence-corrected chi connectivity index (χ4v) is 14.0. The molecule has 176 valence electrons. The Balaban J connectivity index is 0.00000133. The minimum atomic E-state index is -1.04. The van der Waals surface area contributed by atoms with Crippen molar-refractivity contribution < 1.29 is 52.5 Å². The van der Waals surface area contributed by atoms with Gasteiger partial charge in [0.05, 0.1) is 0 Å². The summed E-state index contributed by atoms with van der Waals surface area (Å²) in [6.45, 7) is 0. The summed E-state index contributed by atoms with van der Waals surface area (Å²) in [5, 5.41) is 2.65. The molecular weight excluding hydrogens is 792 g/mol. The van der Waals surface area contributed by atoms with Crippen molar-refractivity contribution in [3.05, 3.63) is 126 Å². The molecule has 2 aliphatic rings. The van der Waals surface area contributed by atoms with E-state index in [2.05, 4.69) is 142 Å². The van der Waals surface area contributed by atoms with E-state index in [-0.39, 0.29) is 24.8 Å². The van der Waals surface area contributed by atoms with Crippen LogP contribution in [-0.2, 0) is 23.2 Å². The Bertz CT molecular complexity index is 1680. The number of halogens is 4. The first-order chi connectivity index (χ1) is 16.7. The van der Waals surface area contributed by atoms with Crippen molar-refractivity contribution in [2.45, 2.75) is 7.25 Å². The van der Waals surface area contributed by atoms with E-state index in [0.29, 0.717) is 7.25 Å². The number of fused-ring (bicyclic) bond motifs is 6. The first-order valence-electron chi connectivity index (χ1n) is 11.3. The fraction of sp³-hybridized carbons (Fsp3) is 0.0667. The molecule has 0 aliphatic heterocycles. The number of allylic oxidation sites excluding steroid dienone is 1. The summed E-state index contributed by atoms with van der Waals surface area (Å²) in [4.78, 5) is 0. The molecule has 0 saturated heterocycles. The van der Waals surface area contributed by atoms with E-state index in [9.17, 15) is 0 Å². The van der Waals surface area contributed by atoms with Crippen molar-refractivity contribution in [2.24, 2.45) is 0 Å². The third-order valence-corrected chi connectivity index (χ3v) is 13.3. The molecule has 2 unspecified atom stereocenters. The molecule has 0 saturated carbocycles. The summed E-state index contributed by atoms with van der Waals surface area (Å²) in [6, 6.07) is 33.4. The predicted molar refractivity (Wildman–Crippen MR) is 153 cm³/mol. The average Bonchev–Trinajstić information content (AvgIpc) is 3.40. The first kappa shape index (κ1) is 26.7. The van der Waals surface area contributed by atoms with E-state index in [0.717, 1.165) is 11.2 Å². The molecule has 1 heterocycles. The third-order valence-electron chi connectivity index (χ3n) is 6.89. The van der Waals surface area contributed by atoms with Crippen LogP contribution in [0.15, 0.2) is 95.4 Å². The standard InChI is InChI=1S/C15H8IO.C15H10I.2ClH.Zr/c16-15-8-13-6-11-4-10(7-14(11)15)9-2-1-3-12(5-9)17-13;16-15-8-4-7-12-9-13(10-14(12)15)11-5-2-1-3-6-11;;;/h1-8H;1-10H;2*1H;/q;;;;+2/p-2. The number of benzene rings is 4. The number of hydrogen-bond acceptors (Lipinski definition) is 1. The molecule has 5 bridgehead atoms. The van der Waals surface area contributed by atoms with Gasteiger partial charge in [0.1, 0.15) is 0 Å². The van der Waals surface area contributed by atoms with Crippen LogP contribution < -0.4 is 24.8 Å². The van der Waals surface area contributed by atoms with Gasteiger partial charge in [0.2, 0.25) is 0 Å². The van der Waals surface area contributed by atoms with Crippen molar-refractivity contribution in [3.8, 4) is 0 Å². The van der Waals surface area contributed by atoms with Gasteiger partial charge in [0, 0.05) is 0 Å². The van der Waals surface area contributed by atoms with E-state index in [1.165, 1.54) is 45.7 Å². The van der Waals surface area contributed by atoms with Crippen LogP contribution in [0.5, 0.6) is 0 Å². The molecule has 2 atom stereocenters. The Morgan fingerprint density at radius 2 is 1.42 bits per heavy atom. The van der Waals surface area contributed by atoms with Gasteiger partial charge >= 0.3 is 240 Å². The van der Waals surface area contributed by atoms with Gasteiger partial charge in [0.15, 0.2) is 0 Å². The Kier molecular flexibility index (Phi) is 7.92. The molecule has 0 spiro atoms. The monoisotopic (exact) mass is 808 g/mol. The van der Waals surface area contributed by atoms with Crippen LogP contribution in [0.1, 0.15) is 35.1 Å². The van der Waals surface area contributed by atoms with Crippen LogP contribution in [0.25, 0.3) is 33.6 Å². The maximum absolute atomic E-state index is 6.21. The van der Waals surface area contributed by atoms with Gasteiger partial charge in [-0.1, -0.05) is 0 Å². The molecule has 36 heavy (non-hydrogen) atoms. The molecule has 1 aromatic heterocycles. The minimum absolute atomic E-state index is 0. The second kappa shape index (κ2) is 10.7. The number of rotatable bonds is 3. The van der Waals surface area contributed by atoms with Crippen molar-refractivity contribution >= 4 is 78.8 Å². The summed E-state index contributed by atoms with van der Waals surface area (Å²) in [5.74, 6) is 0. The SMILES string of the molecule is Ic1cccc2c1[CH]([Zr+2][CH]1c3cc4cc(cc(I)c41)oc1cccc3c1)C(c1ccccc1)=C2.[Cl-].[Cl-]. The largest absolute Gasteiger partial charge is 1.00 e. The Morgan fingerprint density at radius 3 is 2.25 bits per heavy atom. The van der Waals surface area contributed by atoms with E-state index in [1.807, 2.05) is 0 Å². The molecule has 1 nitrogen and oxygen atoms in total. The molecule has 0 radical (unpaired) electrons. The first-order valence-corrected chi connectivity index (χ1v) is 16.3. The normalized spacial score (nSPS) is 16.8. The maximum Gasteiger partial charge on any atom is -1.00 e. The zero-order valence-electron chi connectivity index (χ0n) is 18.8. The van der Waals surface area contributed by atoms with Gasteiger partial charge in [-0.05, 0) is 0 Å². The van der Waals surface area contributed by atoms with Crippen molar-refractivity contribution in [3.63, 3.8) is 0 Å². The summed E-state index contributed by atoms with van der Waals surface area (Å²) in [6.07, 6.45) is 2.46. The van der Waals surface area contributed by atoms with Gasteiger partial charge in [0.25, 0.3) is 0 Å². The Labute approximate surface area is 261 Å². The minimum Gasteiger partial charge on any atom is -1.00 e. The molecule has 0 fully saturated rings. The quantitative estimate of drug-likeness (QED) is 0.256. The molecule has 0 amide bonds. The number of hydrogen-bond donors (Lipinski definition) is 0. The molecule has 5 aromatic rings. The van der Waals surface area contributed by atoms with E-state index < -0.39 is 23.2 Å². The summed E-state index contributed by atoms with van der Waals surface area (Å²) >= 11 is 4.05. The van der Waals surface area contributed by atoms with Gasteiger partial charge in [-0.15, -0.1) is 0 Å². The van der Waals surface area contributed by atoms with Crippen LogP contribution in [-0.4, -0.2) is 0 Å².